The van der Waals surface area contributed by atoms with Gasteiger partial charge in [-0.2, -0.15) is 0 Å². The molecule has 0 spiro atoms. The summed E-state index contributed by atoms with van der Waals surface area (Å²) in [5.74, 6) is -0.0419. The molecule has 0 heterocycles. The zero-order chi connectivity index (χ0) is 9.72. The Kier molecular flexibility index (Phi) is 6.14. The predicted octanol–water partition coefficient (Wildman–Crippen LogP) is -2.43. The Bertz CT molecular complexity index is 184. The van der Waals surface area contributed by atoms with Crippen molar-refractivity contribution >= 4 is 28.4 Å². The third kappa shape index (κ3) is 4.43. The molecule has 0 aromatic carbocycles. The molecule has 0 atom stereocenters. The summed E-state index contributed by atoms with van der Waals surface area (Å²) in [7, 11) is 5.02. The molecule has 0 aliphatic carbocycles. The van der Waals surface area contributed by atoms with Gasteiger partial charge in [0.05, 0.1) is 0 Å². The molecule has 0 fully saturated rings. The molecule has 0 N–H and O–H groups in total. The Morgan fingerprint density at radius 3 is 2.17 bits per heavy atom. The topological polar surface area (TPSA) is 40.6 Å². The summed E-state index contributed by atoms with van der Waals surface area (Å²) in [6.07, 6.45) is 0. The second-order valence-electron chi connectivity index (χ2n) is 2.47. The number of carbonyl (C=O) groups is 2. The van der Waals surface area contributed by atoms with Crippen LogP contribution in [0.1, 0.15) is 0 Å². The quantitative estimate of drug-likeness (QED) is 0.302. The van der Waals surface area contributed by atoms with Crippen LogP contribution in [0.15, 0.2) is 0 Å². The molecule has 4 nitrogen and oxygen atoms in total. The van der Waals surface area contributed by atoms with E-state index in [1.54, 1.807) is 21.1 Å². The molecular formula is C6H11I2N2O2-. The number of hydrogen-bond acceptors (Lipinski definition) is 2. The molecule has 2 amide bonds. The van der Waals surface area contributed by atoms with E-state index in [-0.39, 0.29) is 16.4 Å². The van der Waals surface area contributed by atoms with Crippen molar-refractivity contribution in [3.05, 3.63) is 0 Å². The molecule has 0 aliphatic heterocycles. The third-order valence-corrected chi connectivity index (χ3v) is 4.74. The molecule has 0 aliphatic rings. The zero-order valence-electron chi connectivity index (χ0n) is 7.17. The fourth-order valence-corrected chi connectivity index (χ4v) is 3.03. The van der Waals surface area contributed by atoms with Crippen LogP contribution in [0.2, 0.25) is 0 Å². The fourth-order valence-electron chi connectivity index (χ4n) is 0.461. The fraction of sp³-hybridized carbons (Fsp3) is 0.667. The average molecular weight is 397 g/mol. The van der Waals surface area contributed by atoms with Crippen LogP contribution >= 0.6 is 18.6 Å². The second kappa shape index (κ2) is 5.95. The second-order valence-corrected chi connectivity index (χ2v) is 6.53. The average Bonchev–Trinajstić information content (AvgIpc) is 2.02. The van der Waals surface area contributed by atoms with Gasteiger partial charge in [-0.05, 0) is 0 Å². The van der Waals surface area contributed by atoms with E-state index in [1.807, 2.05) is 0 Å². The molecule has 0 aromatic heterocycles. The van der Waals surface area contributed by atoms with Crippen molar-refractivity contribution in [3.63, 3.8) is 0 Å². The molecule has 0 saturated carbocycles. The van der Waals surface area contributed by atoms with E-state index in [0.717, 1.165) is 0 Å². The van der Waals surface area contributed by atoms with E-state index in [4.69, 9.17) is 0 Å². The predicted molar refractivity (Wildman–Crippen MR) is 50.7 cm³/mol. The van der Waals surface area contributed by atoms with E-state index >= 15 is 0 Å². The standard InChI is InChI=1S/C6H11I2N2O2/c1-9(2)5(11)4-10(3)6(12)8-7/h4H2,1-3H3/q-1. The van der Waals surface area contributed by atoms with Crippen molar-refractivity contribution in [2.45, 2.75) is 0 Å². The molecule has 0 unspecified atom stereocenters. The number of nitrogens with zero attached hydrogens (tertiary/aromatic N) is 2. The molecule has 0 rings (SSSR count). The summed E-state index contributed by atoms with van der Waals surface area (Å²) in [6, 6.07) is 0. The van der Waals surface area contributed by atoms with Gasteiger partial charge in [-0.3, -0.25) is 0 Å². The molecule has 0 saturated heterocycles. The van der Waals surface area contributed by atoms with Crippen molar-refractivity contribution in [3.8, 4) is 0 Å². The van der Waals surface area contributed by atoms with E-state index in [2.05, 4.69) is 18.6 Å². The van der Waals surface area contributed by atoms with Gasteiger partial charge in [0.2, 0.25) is 0 Å². The first kappa shape index (κ1) is 12.4. The van der Waals surface area contributed by atoms with Gasteiger partial charge in [-0.15, -0.1) is 0 Å². The molecule has 12 heavy (non-hydrogen) atoms. The van der Waals surface area contributed by atoms with Crippen LogP contribution in [-0.2, 0) is 4.79 Å². The van der Waals surface area contributed by atoms with Crippen LogP contribution in [0.5, 0.6) is 0 Å². The van der Waals surface area contributed by atoms with Crippen LogP contribution in [0.4, 0.5) is 4.79 Å². The van der Waals surface area contributed by atoms with E-state index in [9.17, 15) is 9.59 Å². The van der Waals surface area contributed by atoms with Crippen molar-refractivity contribution in [2.75, 3.05) is 27.7 Å². The molecule has 0 bridgehead atoms. The van der Waals surface area contributed by atoms with E-state index in [1.165, 1.54) is 9.80 Å². The van der Waals surface area contributed by atoms with Crippen LogP contribution in [0.25, 0.3) is 0 Å². The van der Waals surface area contributed by atoms with E-state index in [0.29, 0.717) is 0 Å². The summed E-state index contributed by atoms with van der Waals surface area (Å²) in [5.41, 5.74) is 0. The zero-order valence-corrected chi connectivity index (χ0v) is 11.5. The number of amides is 2. The summed E-state index contributed by atoms with van der Waals surface area (Å²) in [6.45, 7) is 0.189. The Morgan fingerprint density at radius 1 is 1.33 bits per heavy atom. The van der Waals surface area contributed by atoms with Crippen molar-refractivity contribution in [1.82, 2.24) is 9.80 Å². The maximum atomic E-state index is 11.1. The van der Waals surface area contributed by atoms with Crippen LogP contribution in [-0.4, -0.2) is 47.3 Å². The van der Waals surface area contributed by atoms with Crippen LogP contribution in [0.3, 0.4) is 0 Å². The van der Waals surface area contributed by atoms with Crippen LogP contribution < -0.4 is 17.2 Å². The van der Waals surface area contributed by atoms with E-state index < -0.39 is 17.2 Å². The summed E-state index contributed by atoms with van der Waals surface area (Å²) in [5, 5.41) is 0. The first-order valence-corrected chi connectivity index (χ1v) is 10.6. The molecular weight excluding hydrogens is 386 g/mol. The number of likely N-dealkylation sites (N-methyl/N-ethyl adjacent to an activating group) is 2. The SMILES string of the molecule is CN(C)C(=O)CN(C)C(=O)[I-]I. The minimum atomic E-state index is -0.461. The first-order chi connectivity index (χ1) is 5.49. The van der Waals surface area contributed by atoms with Crippen molar-refractivity contribution in [2.24, 2.45) is 0 Å². The summed E-state index contributed by atoms with van der Waals surface area (Å²) in [4.78, 5) is 25.1. The Hall–Kier alpha value is 0.400. The van der Waals surface area contributed by atoms with Gasteiger partial charge in [0.15, 0.2) is 0 Å². The van der Waals surface area contributed by atoms with Gasteiger partial charge in [0.1, 0.15) is 0 Å². The van der Waals surface area contributed by atoms with Gasteiger partial charge in [0, 0.05) is 0 Å². The Balaban J connectivity index is 3.92. The third-order valence-electron chi connectivity index (χ3n) is 1.23. The molecule has 72 valence electrons. The molecule has 0 aromatic rings. The van der Waals surface area contributed by atoms with Gasteiger partial charge < -0.3 is 0 Å². The van der Waals surface area contributed by atoms with Gasteiger partial charge in [-0.1, -0.05) is 0 Å². The summed E-state index contributed by atoms with van der Waals surface area (Å²) >= 11 is 1.63. The van der Waals surface area contributed by atoms with Gasteiger partial charge in [0.25, 0.3) is 0 Å². The van der Waals surface area contributed by atoms with Crippen LogP contribution in [0, 0.1) is 0 Å². The van der Waals surface area contributed by atoms with Crippen molar-refractivity contribution in [1.29, 1.82) is 0 Å². The number of hydrogen-bond donors (Lipinski definition) is 0. The Labute approximate surface area is 92.1 Å². The minimum absolute atomic E-state index is 0.0419. The molecule has 0 radical (unpaired) electrons. The number of carbonyl (C=O) groups excluding carboxylic acids is 2. The van der Waals surface area contributed by atoms with Gasteiger partial charge in [-0.25, -0.2) is 0 Å². The normalized spacial score (nSPS) is 9.67. The van der Waals surface area contributed by atoms with Gasteiger partial charge >= 0.3 is 92.7 Å². The Morgan fingerprint density at radius 2 is 1.83 bits per heavy atom. The number of halogens is 2. The van der Waals surface area contributed by atoms with Crippen molar-refractivity contribution < 1.29 is 26.8 Å². The summed E-state index contributed by atoms with van der Waals surface area (Å²) < 4.78 is 0.0876. The maximum absolute atomic E-state index is 11.1. The molecule has 6 heteroatoms. The monoisotopic (exact) mass is 397 g/mol. The number of rotatable bonds is 3. The first-order valence-electron chi connectivity index (χ1n) is 3.20.